The van der Waals surface area contributed by atoms with Crippen molar-refractivity contribution in [3.05, 3.63) is 65.5 Å². The van der Waals surface area contributed by atoms with Gasteiger partial charge in [0.15, 0.2) is 0 Å². The summed E-state index contributed by atoms with van der Waals surface area (Å²) in [5, 5.41) is 12.3. The number of phenolic OH excluding ortho intramolecular Hbond substituents is 1. The average Bonchev–Trinajstić information content (AvgIpc) is 2.77. The lowest BCUT2D eigenvalue weighted by molar-refractivity contribution is -0.00539. The number of hydrogen-bond donors (Lipinski definition) is 2. The van der Waals surface area contributed by atoms with Crippen LogP contribution < -0.4 is 10.2 Å². The van der Waals surface area contributed by atoms with Crippen LogP contribution in [0.25, 0.3) is 5.57 Å². The van der Waals surface area contributed by atoms with Crippen molar-refractivity contribution in [1.82, 2.24) is 10.2 Å². The van der Waals surface area contributed by atoms with E-state index >= 15 is 0 Å². The van der Waals surface area contributed by atoms with E-state index in [1.807, 2.05) is 43.0 Å². The van der Waals surface area contributed by atoms with E-state index < -0.39 is 0 Å². The maximum Gasteiger partial charge on any atom is 0.317 e. The molecule has 0 spiro atoms. The third-order valence-corrected chi connectivity index (χ3v) is 5.95. The Morgan fingerprint density at radius 3 is 2.50 bits per heavy atom. The van der Waals surface area contributed by atoms with Crippen molar-refractivity contribution in [1.29, 1.82) is 0 Å². The van der Waals surface area contributed by atoms with E-state index in [9.17, 15) is 14.3 Å². The highest BCUT2D eigenvalue weighted by Gasteiger charge is 2.24. The molecule has 2 unspecified atom stereocenters. The molecule has 6 nitrogen and oxygen atoms in total. The lowest BCUT2D eigenvalue weighted by Gasteiger charge is -2.37. The van der Waals surface area contributed by atoms with E-state index in [0.717, 1.165) is 17.5 Å². The number of anilines is 1. The third-order valence-electron chi connectivity index (χ3n) is 5.95. The Kier molecular flexibility index (Phi) is 6.65. The van der Waals surface area contributed by atoms with Crippen LogP contribution in [0.3, 0.4) is 0 Å². The fourth-order valence-electron chi connectivity index (χ4n) is 4.37. The molecule has 2 atom stereocenters. The zero-order chi connectivity index (χ0) is 22.7. The number of carbonyl (C=O) groups excluding carboxylic acids is 1. The third kappa shape index (κ3) is 5.22. The molecule has 2 heterocycles. The highest BCUT2D eigenvalue weighted by molar-refractivity contribution is 5.76. The molecule has 0 bridgehead atoms. The van der Waals surface area contributed by atoms with Crippen LogP contribution in [0, 0.1) is 5.82 Å². The van der Waals surface area contributed by atoms with Gasteiger partial charge in [-0.1, -0.05) is 24.3 Å². The van der Waals surface area contributed by atoms with Crippen molar-refractivity contribution in [2.45, 2.75) is 39.0 Å². The van der Waals surface area contributed by atoms with Gasteiger partial charge in [0.2, 0.25) is 0 Å². The van der Waals surface area contributed by atoms with Crippen LogP contribution in [0.15, 0.2) is 48.5 Å². The van der Waals surface area contributed by atoms with Gasteiger partial charge >= 0.3 is 6.03 Å². The van der Waals surface area contributed by atoms with Gasteiger partial charge in [-0.2, -0.15) is 0 Å². The number of urea groups is 1. The number of hydrogen-bond acceptors (Lipinski definition) is 4. The summed E-state index contributed by atoms with van der Waals surface area (Å²) in [6, 6.07) is 12.1. The predicted molar refractivity (Wildman–Crippen MR) is 123 cm³/mol. The first-order valence-electron chi connectivity index (χ1n) is 11.1. The van der Waals surface area contributed by atoms with Gasteiger partial charge in [-0.3, -0.25) is 0 Å². The van der Waals surface area contributed by atoms with E-state index in [0.29, 0.717) is 31.9 Å². The summed E-state index contributed by atoms with van der Waals surface area (Å²) in [7, 11) is 0. The molecule has 1 saturated heterocycles. The first-order chi connectivity index (χ1) is 15.4. The highest BCUT2D eigenvalue weighted by atomic mass is 19.1. The van der Waals surface area contributed by atoms with Crippen LogP contribution in [0.5, 0.6) is 5.75 Å². The van der Waals surface area contributed by atoms with Crippen LogP contribution >= 0.6 is 0 Å². The van der Waals surface area contributed by atoms with Crippen molar-refractivity contribution in [2.75, 3.05) is 31.1 Å². The molecule has 0 saturated carbocycles. The summed E-state index contributed by atoms with van der Waals surface area (Å²) < 4.78 is 20.5. The standard InChI is InChI=1S/C25H30FN3O3/c1-17-15-29(16-18(2)32-17)24-8-3-19(13-23(24)26)14-27-25(31)28-11-9-21(10-12-28)20-4-6-22(30)7-5-20/h3-9,13,17-18,30H,10-12,14-16H2,1-2H3,(H,27,31). The quantitative estimate of drug-likeness (QED) is 0.752. The Hall–Kier alpha value is -3.06. The second-order valence-corrected chi connectivity index (χ2v) is 8.58. The van der Waals surface area contributed by atoms with E-state index in [2.05, 4.69) is 5.32 Å². The number of phenols is 1. The summed E-state index contributed by atoms with van der Waals surface area (Å²) in [6.07, 6.45) is 2.90. The molecule has 2 aromatic carbocycles. The molecule has 2 amide bonds. The van der Waals surface area contributed by atoms with E-state index in [-0.39, 0.29) is 36.4 Å². The number of amides is 2. The minimum Gasteiger partial charge on any atom is -0.508 e. The molecule has 2 aliphatic rings. The monoisotopic (exact) mass is 439 g/mol. The summed E-state index contributed by atoms with van der Waals surface area (Å²) in [4.78, 5) is 16.3. The van der Waals surface area contributed by atoms with Crippen LogP contribution in [0.4, 0.5) is 14.9 Å². The molecule has 7 heteroatoms. The largest absolute Gasteiger partial charge is 0.508 e. The highest BCUT2D eigenvalue weighted by Crippen LogP contribution is 2.26. The number of nitrogens with zero attached hydrogens (tertiary/aromatic N) is 2. The molecule has 32 heavy (non-hydrogen) atoms. The van der Waals surface area contributed by atoms with Crippen LogP contribution in [0.1, 0.15) is 31.4 Å². The molecular formula is C25H30FN3O3. The van der Waals surface area contributed by atoms with E-state index in [1.54, 1.807) is 23.1 Å². The SMILES string of the molecule is CC1CN(c2ccc(CNC(=O)N3CC=C(c4ccc(O)cc4)CC3)cc2F)CC(C)O1. The smallest absolute Gasteiger partial charge is 0.317 e. The molecule has 2 aliphatic heterocycles. The minimum atomic E-state index is -0.280. The van der Waals surface area contributed by atoms with Crippen molar-refractivity contribution in [3.63, 3.8) is 0 Å². The second kappa shape index (κ2) is 9.61. The van der Waals surface area contributed by atoms with E-state index in [4.69, 9.17) is 4.74 Å². The predicted octanol–water partition coefficient (Wildman–Crippen LogP) is 4.14. The molecule has 0 radical (unpaired) electrons. The fourth-order valence-corrected chi connectivity index (χ4v) is 4.37. The van der Waals surface area contributed by atoms with Crippen molar-refractivity contribution in [3.8, 4) is 5.75 Å². The first kappa shape index (κ1) is 22.1. The normalized spacial score (nSPS) is 21.3. The Balaban J connectivity index is 1.31. The zero-order valence-corrected chi connectivity index (χ0v) is 18.6. The molecule has 0 aromatic heterocycles. The number of carbonyl (C=O) groups is 1. The first-order valence-corrected chi connectivity index (χ1v) is 11.1. The van der Waals surface area contributed by atoms with Crippen molar-refractivity contribution in [2.24, 2.45) is 0 Å². The molecule has 1 fully saturated rings. The van der Waals surface area contributed by atoms with Crippen molar-refractivity contribution >= 4 is 17.3 Å². The lowest BCUT2D eigenvalue weighted by atomic mass is 9.99. The molecule has 4 rings (SSSR count). The minimum absolute atomic E-state index is 0.0604. The van der Waals surface area contributed by atoms with Gasteiger partial charge in [-0.25, -0.2) is 9.18 Å². The van der Waals surface area contributed by atoms with Gasteiger partial charge in [0.25, 0.3) is 0 Å². The second-order valence-electron chi connectivity index (χ2n) is 8.58. The summed E-state index contributed by atoms with van der Waals surface area (Å²) in [5.74, 6) is -0.0396. The summed E-state index contributed by atoms with van der Waals surface area (Å²) >= 11 is 0. The summed E-state index contributed by atoms with van der Waals surface area (Å²) in [5.41, 5.74) is 3.53. The average molecular weight is 440 g/mol. The Bertz CT molecular complexity index is 982. The van der Waals surface area contributed by atoms with Gasteiger partial charge in [0.05, 0.1) is 17.9 Å². The Morgan fingerprint density at radius 1 is 1.16 bits per heavy atom. The number of ether oxygens (including phenoxy) is 1. The maximum absolute atomic E-state index is 14.8. The fraction of sp³-hybridized carbons (Fsp3) is 0.400. The van der Waals surface area contributed by atoms with Gasteiger partial charge in [-0.15, -0.1) is 0 Å². The molecule has 2 N–H and O–H groups in total. The molecule has 2 aromatic rings. The Morgan fingerprint density at radius 2 is 1.88 bits per heavy atom. The Labute approximate surface area is 188 Å². The van der Waals surface area contributed by atoms with E-state index in [1.165, 1.54) is 11.6 Å². The number of rotatable bonds is 4. The lowest BCUT2D eigenvalue weighted by Crippen LogP contribution is -2.45. The van der Waals surface area contributed by atoms with Gasteiger partial charge in [-0.05, 0) is 61.2 Å². The molecule has 170 valence electrons. The number of aromatic hydroxyl groups is 1. The van der Waals surface area contributed by atoms with Gasteiger partial charge < -0.3 is 25.0 Å². The number of halogens is 1. The molecular weight excluding hydrogens is 409 g/mol. The number of benzene rings is 2. The summed E-state index contributed by atoms with van der Waals surface area (Å²) in [6.45, 7) is 6.71. The zero-order valence-electron chi connectivity index (χ0n) is 18.6. The van der Waals surface area contributed by atoms with Crippen molar-refractivity contribution < 1.29 is 19.0 Å². The maximum atomic E-state index is 14.8. The van der Waals surface area contributed by atoms with Gasteiger partial charge in [0, 0.05) is 32.7 Å². The van der Waals surface area contributed by atoms with Crippen LogP contribution in [0.2, 0.25) is 0 Å². The van der Waals surface area contributed by atoms with Crippen LogP contribution in [-0.4, -0.2) is 54.4 Å². The van der Waals surface area contributed by atoms with Gasteiger partial charge in [0.1, 0.15) is 11.6 Å². The topological polar surface area (TPSA) is 65.0 Å². The number of nitrogens with one attached hydrogen (secondary N) is 1. The number of morpholine rings is 1. The van der Waals surface area contributed by atoms with Crippen LogP contribution in [-0.2, 0) is 11.3 Å². The molecule has 0 aliphatic carbocycles.